The van der Waals surface area contributed by atoms with E-state index >= 15 is 0 Å². The van der Waals surface area contributed by atoms with Crippen LogP contribution in [0, 0.1) is 0 Å². The van der Waals surface area contributed by atoms with Crippen molar-refractivity contribution >= 4 is 22.0 Å². The number of likely N-dealkylation sites (tertiary alicyclic amines) is 1. The van der Waals surface area contributed by atoms with Crippen LogP contribution in [0.5, 0.6) is 0 Å². The molecule has 1 saturated carbocycles. The fourth-order valence-corrected chi connectivity index (χ4v) is 3.71. The molecule has 0 spiro atoms. The fraction of sp³-hybridized carbons (Fsp3) is 0.533. The number of aliphatic imine (C=N–C) groups is 1. The molecule has 1 aromatic carbocycles. The van der Waals surface area contributed by atoms with Gasteiger partial charge in [0.05, 0.1) is 5.54 Å². The summed E-state index contributed by atoms with van der Waals surface area (Å²) < 4.78 is 1.15. The maximum atomic E-state index is 10.5. The topological polar surface area (TPSA) is 32.7 Å². The number of benzene rings is 1. The van der Waals surface area contributed by atoms with Crippen LogP contribution in [-0.2, 0) is 10.3 Å². The van der Waals surface area contributed by atoms with Crippen molar-refractivity contribution in [1.82, 2.24) is 4.90 Å². The van der Waals surface area contributed by atoms with Crippen LogP contribution in [0.3, 0.4) is 0 Å². The van der Waals surface area contributed by atoms with Gasteiger partial charge in [-0.3, -0.25) is 0 Å². The van der Waals surface area contributed by atoms with E-state index in [0.717, 1.165) is 36.0 Å². The van der Waals surface area contributed by atoms with Gasteiger partial charge in [0.25, 0.3) is 0 Å². The van der Waals surface area contributed by atoms with E-state index in [4.69, 9.17) is 0 Å². The minimum Gasteiger partial charge on any atom is -0.306 e. The Morgan fingerprint density at radius 3 is 2.79 bits per heavy atom. The van der Waals surface area contributed by atoms with Crippen molar-refractivity contribution in [2.24, 2.45) is 4.99 Å². The lowest BCUT2D eigenvalue weighted by Crippen LogP contribution is -2.13. The van der Waals surface area contributed by atoms with E-state index in [1.165, 1.54) is 12.0 Å². The molecule has 1 heterocycles. The summed E-state index contributed by atoms with van der Waals surface area (Å²) in [5, 5.41) is 0. The molecule has 0 bridgehead atoms. The summed E-state index contributed by atoms with van der Waals surface area (Å²) in [6, 6.07) is 6.47. The fourth-order valence-electron chi connectivity index (χ4n) is 3.01. The summed E-state index contributed by atoms with van der Waals surface area (Å²) >= 11 is 3.69. The zero-order valence-corrected chi connectivity index (χ0v) is 12.6. The molecule has 1 saturated heterocycles. The lowest BCUT2D eigenvalue weighted by atomic mass is 9.95. The molecular formula is C15H17BrN2O. The monoisotopic (exact) mass is 320 g/mol. The normalized spacial score (nSPS) is 25.1. The number of hydrogen-bond donors (Lipinski definition) is 0. The zero-order valence-electron chi connectivity index (χ0n) is 11.0. The molecule has 3 nitrogen and oxygen atoms in total. The van der Waals surface area contributed by atoms with Crippen molar-refractivity contribution in [3.05, 3.63) is 33.8 Å². The highest BCUT2D eigenvalue weighted by Gasteiger charge is 2.45. The Morgan fingerprint density at radius 2 is 2.26 bits per heavy atom. The smallest absolute Gasteiger partial charge is 0.235 e. The average molecular weight is 321 g/mol. The lowest BCUT2D eigenvalue weighted by molar-refractivity contribution is 0.411. The maximum absolute atomic E-state index is 10.5. The summed E-state index contributed by atoms with van der Waals surface area (Å²) in [7, 11) is 2.17. The largest absolute Gasteiger partial charge is 0.306 e. The third-order valence-electron chi connectivity index (χ3n) is 4.35. The van der Waals surface area contributed by atoms with Gasteiger partial charge >= 0.3 is 0 Å². The van der Waals surface area contributed by atoms with Gasteiger partial charge in [0.15, 0.2) is 0 Å². The first-order valence-electron chi connectivity index (χ1n) is 6.72. The highest BCUT2D eigenvalue weighted by atomic mass is 79.9. The molecule has 19 heavy (non-hydrogen) atoms. The van der Waals surface area contributed by atoms with E-state index in [9.17, 15) is 4.79 Å². The molecule has 0 aromatic heterocycles. The maximum Gasteiger partial charge on any atom is 0.235 e. The summed E-state index contributed by atoms with van der Waals surface area (Å²) in [5.74, 6) is 0.609. The second kappa shape index (κ2) is 4.86. The van der Waals surface area contributed by atoms with Gasteiger partial charge in [-0.05, 0) is 56.0 Å². The molecule has 1 aliphatic carbocycles. The minimum absolute atomic E-state index is 0.269. The Kier molecular flexibility index (Phi) is 3.34. The van der Waals surface area contributed by atoms with Gasteiger partial charge in [-0.15, -0.1) is 0 Å². The third kappa shape index (κ3) is 2.40. The van der Waals surface area contributed by atoms with E-state index in [0.29, 0.717) is 5.92 Å². The number of carbonyl (C=O) groups excluding carboxylic acids is 1. The average Bonchev–Trinajstić information content (AvgIpc) is 3.05. The number of likely N-dealkylation sites (N-methyl/N-ethyl adjacent to an activating group) is 1. The first-order chi connectivity index (χ1) is 9.14. The quantitative estimate of drug-likeness (QED) is 0.633. The van der Waals surface area contributed by atoms with E-state index in [1.807, 2.05) is 0 Å². The summed E-state index contributed by atoms with van der Waals surface area (Å²) in [4.78, 5) is 16.9. The van der Waals surface area contributed by atoms with Crippen LogP contribution in [0.2, 0.25) is 0 Å². The van der Waals surface area contributed by atoms with Crippen LogP contribution in [0.1, 0.15) is 36.3 Å². The van der Waals surface area contributed by atoms with Gasteiger partial charge in [0.2, 0.25) is 6.08 Å². The predicted octanol–water partition coefficient (Wildman–Crippen LogP) is 3.19. The molecule has 1 aliphatic heterocycles. The van der Waals surface area contributed by atoms with Gasteiger partial charge in [-0.2, -0.15) is 4.99 Å². The van der Waals surface area contributed by atoms with Gasteiger partial charge in [-0.1, -0.05) is 28.1 Å². The van der Waals surface area contributed by atoms with Crippen molar-refractivity contribution in [3.8, 4) is 0 Å². The predicted molar refractivity (Wildman–Crippen MR) is 78.0 cm³/mol. The van der Waals surface area contributed by atoms with Crippen LogP contribution in [0.15, 0.2) is 27.7 Å². The first kappa shape index (κ1) is 13.0. The number of rotatable bonds is 3. The van der Waals surface area contributed by atoms with E-state index in [1.54, 1.807) is 6.08 Å². The molecule has 4 heteroatoms. The molecular weight excluding hydrogens is 304 g/mol. The SMILES string of the molecule is CN1CCC(c2ccc(C3(N=C=O)CC3)cc2Br)C1. The zero-order chi connectivity index (χ0) is 13.5. The summed E-state index contributed by atoms with van der Waals surface area (Å²) in [6.45, 7) is 2.29. The molecule has 0 amide bonds. The Bertz CT molecular complexity index is 547. The van der Waals surface area contributed by atoms with E-state index in [2.05, 4.69) is 51.1 Å². The van der Waals surface area contributed by atoms with E-state index < -0.39 is 0 Å². The molecule has 0 radical (unpaired) electrons. The van der Waals surface area contributed by atoms with Crippen LogP contribution in [0.4, 0.5) is 0 Å². The first-order valence-corrected chi connectivity index (χ1v) is 7.51. The van der Waals surface area contributed by atoms with Crippen molar-refractivity contribution in [1.29, 1.82) is 0 Å². The number of nitrogens with zero attached hydrogens (tertiary/aromatic N) is 2. The summed E-state index contributed by atoms with van der Waals surface area (Å²) in [5.41, 5.74) is 2.24. The van der Waals surface area contributed by atoms with Crippen molar-refractivity contribution in [2.75, 3.05) is 20.1 Å². The van der Waals surface area contributed by atoms with Crippen LogP contribution in [-0.4, -0.2) is 31.1 Å². The molecule has 1 unspecified atom stereocenters. The van der Waals surface area contributed by atoms with Crippen molar-refractivity contribution in [3.63, 3.8) is 0 Å². The van der Waals surface area contributed by atoms with Crippen LogP contribution in [0.25, 0.3) is 0 Å². The molecule has 0 N–H and O–H groups in total. The second-order valence-electron chi connectivity index (χ2n) is 5.72. The Balaban J connectivity index is 1.88. The van der Waals surface area contributed by atoms with Gasteiger partial charge in [0, 0.05) is 11.0 Å². The number of isocyanates is 1. The molecule has 100 valence electrons. The lowest BCUT2D eigenvalue weighted by Gasteiger charge is -2.16. The van der Waals surface area contributed by atoms with Crippen molar-refractivity contribution < 1.29 is 4.79 Å². The van der Waals surface area contributed by atoms with E-state index in [-0.39, 0.29) is 5.54 Å². The Labute approximate surface area is 121 Å². The highest BCUT2D eigenvalue weighted by Crippen LogP contribution is 2.50. The second-order valence-corrected chi connectivity index (χ2v) is 6.57. The number of halogens is 1. The molecule has 2 fully saturated rings. The van der Waals surface area contributed by atoms with Crippen LogP contribution >= 0.6 is 15.9 Å². The van der Waals surface area contributed by atoms with Gasteiger partial charge < -0.3 is 4.90 Å². The van der Waals surface area contributed by atoms with Gasteiger partial charge in [-0.25, -0.2) is 4.79 Å². The number of hydrogen-bond acceptors (Lipinski definition) is 3. The highest BCUT2D eigenvalue weighted by molar-refractivity contribution is 9.10. The molecule has 2 aliphatic rings. The minimum atomic E-state index is -0.269. The van der Waals surface area contributed by atoms with Crippen molar-refractivity contribution in [2.45, 2.75) is 30.7 Å². The third-order valence-corrected chi connectivity index (χ3v) is 5.04. The van der Waals surface area contributed by atoms with Gasteiger partial charge in [0.1, 0.15) is 0 Å². The molecule has 1 atom stereocenters. The Hall–Kier alpha value is -0.960. The standard InChI is InChI=1S/C15H17BrN2O/c1-18-7-4-11(9-18)13-3-2-12(8-14(13)16)15(5-6-15)17-10-19/h2-3,8,11H,4-7,9H2,1H3. The molecule has 3 rings (SSSR count). The Morgan fingerprint density at radius 1 is 1.47 bits per heavy atom. The van der Waals surface area contributed by atoms with Crippen LogP contribution < -0.4 is 0 Å². The summed E-state index contributed by atoms with van der Waals surface area (Å²) in [6.07, 6.45) is 4.85. The molecule has 1 aromatic rings.